The lowest BCUT2D eigenvalue weighted by molar-refractivity contribution is 0.371. The molecular weight excluding hydrogens is 188 g/mol. The fourth-order valence-corrected chi connectivity index (χ4v) is 1.41. The van der Waals surface area contributed by atoms with Crippen molar-refractivity contribution in [3.8, 4) is 6.07 Å². The molecule has 0 aromatic carbocycles. The first-order valence-corrected chi connectivity index (χ1v) is 5.25. The minimum atomic E-state index is -0.533. The Morgan fingerprint density at radius 1 is 1.67 bits per heavy atom. The normalized spacial score (nSPS) is 14.5. The van der Waals surface area contributed by atoms with Crippen LogP contribution in [0.25, 0.3) is 0 Å². The molecule has 0 saturated carbocycles. The minimum absolute atomic E-state index is 0.533. The molecule has 4 nitrogen and oxygen atoms in total. The van der Waals surface area contributed by atoms with Crippen LogP contribution in [0, 0.1) is 18.3 Å². The highest BCUT2D eigenvalue weighted by atomic mass is 15.3. The van der Waals surface area contributed by atoms with Crippen LogP contribution in [-0.2, 0) is 6.54 Å². The van der Waals surface area contributed by atoms with Gasteiger partial charge in [0.15, 0.2) is 0 Å². The van der Waals surface area contributed by atoms with E-state index in [1.807, 2.05) is 20.0 Å². The number of hydrogen-bond acceptors (Lipinski definition) is 3. The van der Waals surface area contributed by atoms with Gasteiger partial charge in [-0.3, -0.25) is 10.00 Å². The van der Waals surface area contributed by atoms with Gasteiger partial charge in [-0.1, -0.05) is 6.92 Å². The molecule has 1 heterocycles. The number of aromatic nitrogens is 2. The zero-order valence-corrected chi connectivity index (χ0v) is 9.62. The van der Waals surface area contributed by atoms with E-state index in [2.05, 4.69) is 23.4 Å². The molecule has 0 fully saturated rings. The lowest BCUT2D eigenvalue weighted by Gasteiger charge is -2.22. The van der Waals surface area contributed by atoms with Crippen LogP contribution >= 0.6 is 0 Å². The Kier molecular flexibility index (Phi) is 3.87. The SMILES string of the molecule is CCCNC(C)(C#N)Cn1cc(C)cn1. The van der Waals surface area contributed by atoms with Crippen LogP contribution in [0.4, 0.5) is 0 Å². The molecule has 0 aliphatic carbocycles. The molecule has 15 heavy (non-hydrogen) atoms. The number of hydrogen-bond donors (Lipinski definition) is 1. The quantitative estimate of drug-likeness (QED) is 0.793. The Morgan fingerprint density at radius 3 is 2.87 bits per heavy atom. The van der Waals surface area contributed by atoms with Gasteiger partial charge in [-0.25, -0.2) is 0 Å². The summed E-state index contributed by atoms with van der Waals surface area (Å²) in [6, 6.07) is 2.30. The van der Waals surface area contributed by atoms with Crippen molar-refractivity contribution < 1.29 is 0 Å². The highest BCUT2D eigenvalue weighted by molar-refractivity contribution is 5.06. The Bertz CT molecular complexity index is 350. The second-order valence-corrected chi connectivity index (χ2v) is 4.09. The lowest BCUT2D eigenvalue weighted by atomic mass is 10.1. The molecule has 0 aliphatic rings. The third kappa shape index (κ3) is 3.37. The van der Waals surface area contributed by atoms with Crippen molar-refractivity contribution in [1.82, 2.24) is 15.1 Å². The van der Waals surface area contributed by atoms with E-state index in [4.69, 9.17) is 5.26 Å². The van der Waals surface area contributed by atoms with Gasteiger partial charge in [0.25, 0.3) is 0 Å². The average molecular weight is 206 g/mol. The molecule has 1 N–H and O–H groups in total. The van der Waals surface area contributed by atoms with Crippen molar-refractivity contribution in [3.63, 3.8) is 0 Å². The van der Waals surface area contributed by atoms with Crippen LogP contribution in [0.2, 0.25) is 0 Å². The molecule has 0 amide bonds. The number of rotatable bonds is 5. The second-order valence-electron chi connectivity index (χ2n) is 4.09. The minimum Gasteiger partial charge on any atom is -0.298 e. The van der Waals surface area contributed by atoms with Crippen LogP contribution in [0.15, 0.2) is 12.4 Å². The largest absolute Gasteiger partial charge is 0.298 e. The van der Waals surface area contributed by atoms with Crippen molar-refractivity contribution in [2.24, 2.45) is 0 Å². The smallest absolute Gasteiger partial charge is 0.123 e. The zero-order valence-electron chi connectivity index (χ0n) is 9.62. The Morgan fingerprint density at radius 2 is 2.40 bits per heavy atom. The molecule has 1 aromatic heterocycles. The van der Waals surface area contributed by atoms with Crippen molar-refractivity contribution in [2.75, 3.05) is 6.54 Å². The number of aryl methyl sites for hydroxylation is 1. The van der Waals surface area contributed by atoms with Crippen LogP contribution in [0.5, 0.6) is 0 Å². The molecule has 0 saturated heterocycles. The van der Waals surface area contributed by atoms with E-state index >= 15 is 0 Å². The molecular formula is C11H18N4. The molecule has 0 radical (unpaired) electrons. The molecule has 1 rings (SSSR count). The fourth-order valence-electron chi connectivity index (χ4n) is 1.41. The van der Waals surface area contributed by atoms with Gasteiger partial charge in [-0.2, -0.15) is 10.4 Å². The number of nitrogens with zero attached hydrogens (tertiary/aromatic N) is 3. The first-order valence-electron chi connectivity index (χ1n) is 5.25. The maximum atomic E-state index is 9.13. The number of nitriles is 1. The summed E-state index contributed by atoms with van der Waals surface area (Å²) in [5.74, 6) is 0. The van der Waals surface area contributed by atoms with Crippen LogP contribution in [0.3, 0.4) is 0 Å². The summed E-state index contributed by atoms with van der Waals surface area (Å²) in [5.41, 5.74) is 0.583. The summed E-state index contributed by atoms with van der Waals surface area (Å²) in [7, 11) is 0. The molecule has 1 aromatic rings. The summed E-state index contributed by atoms with van der Waals surface area (Å²) >= 11 is 0. The van der Waals surface area contributed by atoms with Gasteiger partial charge in [-0.05, 0) is 32.4 Å². The van der Waals surface area contributed by atoms with Crippen molar-refractivity contribution in [1.29, 1.82) is 5.26 Å². The van der Waals surface area contributed by atoms with E-state index in [0.29, 0.717) is 6.54 Å². The van der Waals surface area contributed by atoms with Crippen LogP contribution in [-0.4, -0.2) is 21.9 Å². The van der Waals surface area contributed by atoms with Gasteiger partial charge in [0.2, 0.25) is 0 Å². The van der Waals surface area contributed by atoms with Gasteiger partial charge in [-0.15, -0.1) is 0 Å². The summed E-state index contributed by atoms with van der Waals surface area (Å²) in [4.78, 5) is 0. The highest BCUT2D eigenvalue weighted by Gasteiger charge is 2.23. The molecule has 0 spiro atoms. The Labute approximate surface area is 90.9 Å². The predicted octanol–water partition coefficient (Wildman–Crippen LogP) is 1.47. The first kappa shape index (κ1) is 11.7. The Balaban J connectivity index is 2.64. The summed E-state index contributed by atoms with van der Waals surface area (Å²) < 4.78 is 1.81. The maximum Gasteiger partial charge on any atom is 0.123 e. The van der Waals surface area contributed by atoms with E-state index in [1.165, 1.54) is 0 Å². The van der Waals surface area contributed by atoms with E-state index < -0.39 is 5.54 Å². The fraction of sp³-hybridized carbons (Fsp3) is 0.636. The predicted molar refractivity (Wildman–Crippen MR) is 59.3 cm³/mol. The van der Waals surface area contributed by atoms with Gasteiger partial charge >= 0.3 is 0 Å². The van der Waals surface area contributed by atoms with E-state index in [1.54, 1.807) is 10.9 Å². The van der Waals surface area contributed by atoms with Crippen LogP contribution in [0.1, 0.15) is 25.8 Å². The maximum absolute atomic E-state index is 9.13. The third-order valence-electron chi connectivity index (χ3n) is 2.25. The van der Waals surface area contributed by atoms with E-state index in [0.717, 1.165) is 18.5 Å². The Hall–Kier alpha value is -1.34. The second kappa shape index (κ2) is 4.94. The van der Waals surface area contributed by atoms with Gasteiger partial charge in [0, 0.05) is 6.20 Å². The van der Waals surface area contributed by atoms with Crippen molar-refractivity contribution in [3.05, 3.63) is 18.0 Å². The topological polar surface area (TPSA) is 53.6 Å². The average Bonchev–Trinajstić information content (AvgIpc) is 2.61. The summed E-state index contributed by atoms with van der Waals surface area (Å²) in [6.07, 6.45) is 4.77. The molecule has 4 heteroatoms. The van der Waals surface area contributed by atoms with Gasteiger partial charge in [0.05, 0.1) is 18.8 Å². The van der Waals surface area contributed by atoms with Crippen molar-refractivity contribution in [2.45, 2.75) is 39.3 Å². The highest BCUT2D eigenvalue weighted by Crippen LogP contribution is 2.06. The monoisotopic (exact) mass is 206 g/mol. The first-order chi connectivity index (χ1) is 7.09. The molecule has 1 atom stereocenters. The standard InChI is InChI=1S/C11H18N4/c1-4-5-13-11(3,8-12)9-15-7-10(2)6-14-15/h6-7,13H,4-5,9H2,1-3H3. The molecule has 1 unspecified atom stereocenters. The van der Waals surface area contributed by atoms with E-state index in [-0.39, 0.29) is 0 Å². The molecule has 0 bridgehead atoms. The summed E-state index contributed by atoms with van der Waals surface area (Å²) in [6.45, 7) is 7.41. The van der Waals surface area contributed by atoms with Gasteiger partial charge in [0.1, 0.15) is 5.54 Å². The van der Waals surface area contributed by atoms with Crippen molar-refractivity contribution >= 4 is 0 Å². The molecule has 0 aliphatic heterocycles. The third-order valence-corrected chi connectivity index (χ3v) is 2.25. The lowest BCUT2D eigenvalue weighted by Crippen LogP contribution is -2.45. The number of nitrogens with one attached hydrogen (secondary N) is 1. The zero-order chi connectivity index (χ0) is 11.3. The van der Waals surface area contributed by atoms with Crippen LogP contribution < -0.4 is 5.32 Å². The molecule has 82 valence electrons. The van der Waals surface area contributed by atoms with Gasteiger partial charge < -0.3 is 0 Å². The van der Waals surface area contributed by atoms with E-state index in [9.17, 15) is 0 Å². The summed E-state index contributed by atoms with van der Waals surface area (Å²) in [5, 5.41) is 16.5.